The van der Waals surface area contributed by atoms with Crippen LogP contribution in [0.2, 0.25) is 0 Å². The molecule has 1 aliphatic carbocycles. The number of anilines is 1. The highest BCUT2D eigenvalue weighted by molar-refractivity contribution is 5.33. The second kappa shape index (κ2) is 4.96. The van der Waals surface area contributed by atoms with Gasteiger partial charge in [0.2, 0.25) is 0 Å². The lowest BCUT2D eigenvalue weighted by molar-refractivity contribution is 0.882. The molecule has 98 valence electrons. The fraction of sp³-hybridized carbons (Fsp3) is 0.400. The molecular formula is C15H18N4. The van der Waals surface area contributed by atoms with Crippen LogP contribution < -0.4 is 5.73 Å². The molecule has 4 nitrogen and oxygen atoms in total. The predicted octanol–water partition coefficient (Wildman–Crippen LogP) is 2.48. The maximum absolute atomic E-state index is 5.85. The van der Waals surface area contributed by atoms with E-state index in [1.165, 1.54) is 18.4 Å². The van der Waals surface area contributed by atoms with Gasteiger partial charge in [-0.2, -0.15) is 0 Å². The van der Waals surface area contributed by atoms with Crippen molar-refractivity contribution >= 4 is 5.82 Å². The molecule has 4 heteroatoms. The van der Waals surface area contributed by atoms with E-state index in [0.717, 1.165) is 30.1 Å². The van der Waals surface area contributed by atoms with E-state index >= 15 is 0 Å². The molecule has 2 N–H and O–H groups in total. The van der Waals surface area contributed by atoms with E-state index in [0.29, 0.717) is 11.7 Å². The van der Waals surface area contributed by atoms with Crippen molar-refractivity contribution in [2.75, 3.05) is 5.73 Å². The van der Waals surface area contributed by atoms with Gasteiger partial charge in [0.05, 0.1) is 5.69 Å². The molecule has 0 saturated heterocycles. The summed E-state index contributed by atoms with van der Waals surface area (Å²) in [6, 6.07) is 6.03. The van der Waals surface area contributed by atoms with Gasteiger partial charge in [-0.25, -0.2) is 9.97 Å². The Morgan fingerprint density at radius 3 is 2.68 bits per heavy atom. The molecule has 0 bridgehead atoms. The molecule has 3 rings (SSSR count). The molecule has 1 aliphatic rings. The van der Waals surface area contributed by atoms with E-state index in [4.69, 9.17) is 5.73 Å². The van der Waals surface area contributed by atoms with Crippen LogP contribution in [-0.2, 0) is 12.8 Å². The van der Waals surface area contributed by atoms with Crippen molar-refractivity contribution in [3.8, 4) is 0 Å². The van der Waals surface area contributed by atoms with Gasteiger partial charge >= 0.3 is 0 Å². The van der Waals surface area contributed by atoms with Gasteiger partial charge in [0.15, 0.2) is 0 Å². The van der Waals surface area contributed by atoms with Crippen molar-refractivity contribution in [2.45, 2.75) is 38.5 Å². The van der Waals surface area contributed by atoms with Gasteiger partial charge in [-0.3, -0.25) is 4.98 Å². The third kappa shape index (κ3) is 2.89. The lowest BCUT2D eigenvalue weighted by Gasteiger charge is -2.05. The zero-order chi connectivity index (χ0) is 13.2. The van der Waals surface area contributed by atoms with E-state index in [9.17, 15) is 0 Å². The second-order valence-corrected chi connectivity index (χ2v) is 5.10. The molecule has 0 unspecified atom stereocenters. The summed E-state index contributed by atoms with van der Waals surface area (Å²) in [5.41, 5.74) is 9.10. The number of hydrogen-bond acceptors (Lipinski definition) is 4. The highest BCUT2D eigenvalue weighted by Crippen LogP contribution is 2.38. The minimum absolute atomic E-state index is 0.526. The third-order valence-corrected chi connectivity index (χ3v) is 3.42. The summed E-state index contributed by atoms with van der Waals surface area (Å²) in [6.07, 6.45) is 6.04. The molecule has 0 amide bonds. The molecule has 2 aromatic heterocycles. The van der Waals surface area contributed by atoms with Crippen molar-refractivity contribution in [3.63, 3.8) is 0 Å². The minimum Gasteiger partial charge on any atom is -0.384 e. The second-order valence-electron chi connectivity index (χ2n) is 5.10. The molecule has 1 fully saturated rings. The normalized spacial score (nSPS) is 14.6. The standard InChI is InChI=1S/C15H18N4/c1-2-10-3-6-12(17-9-10)7-13-8-14(16)19-15(18-13)11-4-5-11/h3,6,8-9,11H,2,4-5,7H2,1H3,(H2,16,18,19). The Labute approximate surface area is 113 Å². The topological polar surface area (TPSA) is 64.7 Å². The fourth-order valence-corrected chi connectivity index (χ4v) is 2.11. The maximum atomic E-state index is 5.85. The summed E-state index contributed by atoms with van der Waals surface area (Å²) in [5, 5.41) is 0. The minimum atomic E-state index is 0.526. The zero-order valence-electron chi connectivity index (χ0n) is 11.1. The van der Waals surface area contributed by atoms with Crippen LogP contribution in [0.5, 0.6) is 0 Å². The quantitative estimate of drug-likeness (QED) is 0.910. The number of pyridine rings is 1. The Balaban J connectivity index is 1.81. The summed E-state index contributed by atoms with van der Waals surface area (Å²) in [6.45, 7) is 2.13. The molecule has 2 heterocycles. The van der Waals surface area contributed by atoms with E-state index in [2.05, 4.69) is 34.0 Å². The van der Waals surface area contributed by atoms with Gasteiger partial charge in [-0.15, -0.1) is 0 Å². The largest absolute Gasteiger partial charge is 0.384 e. The monoisotopic (exact) mass is 254 g/mol. The van der Waals surface area contributed by atoms with Crippen molar-refractivity contribution < 1.29 is 0 Å². The molecular weight excluding hydrogens is 236 g/mol. The van der Waals surface area contributed by atoms with Crippen molar-refractivity contribution in [2.24, 2.45) is 0 Å². The van der Waals surface area contributed by atoms with Crippen LogP contribution in [0.1, 0.15) is 48.5 Å². The Morgan fingerprint density at radius 1 is 1.21 bits per heavy atom. The lowest BCUT2D eigenvalue weighted by Crippen LogP contribution is -2.04. The van der Waals surface area contributed by atoms with Crippen LogP contribution in [0.15, 0.2) is 24.4 Å². The average Bonchev–Trinajstić information content (AvgIpc) is 3.23. The Hall–Kier alpha value is -1.97. The van der Waals surface area contributed by atoms with E-state index in [1.54, 1.807) is 0 Å². The first kappa shape index (κ1) is 12.1. The number of aromatic nitrogens is 3. The van der Waals surface area contributed by atoms with Crippen LogP contribution in [0.25, 0.3) is 0 Å². The Morgan fingerprint density at radius 2 is 2.05 bits per heavy atom. The van der Waals surface area contributed by atoms with Crippen molar-refractivity contribution in [1.29, 1.82) is 0 Å². The summed E-state index contributed by atoms with van der Waals surface area (Å²) >= 11 is 0. The van der Waals surface area contributed by atoms with Gasteiger partial charge in [0, 0.05) is 30.3 Å². The SMILES string of the molecule is CCc1ccc(Cc2cc(N)nc(C3CC3)n2)nc1. The molecule has 0 radical (unpaired) electrons. The van der Waals surface area contributed by atoms with Gasteiger partial charge in [-0.05, 0) is 30.9 Å². The van der Waals surface area contributed by atoms with E-state index in [1.807, 2.05) is 12.3 Å². The molecule has 0 aromatic carbocycles. The molecule has 1 saturated carbocycles. The van der Waals surface area contributed by atoms with E-state index < -0.39 is 0 Å². The molecule has 0 spiro atoms. The number of nitrogen functional groups attached to an aromatic ring is 1. The summed E-state index contributed by atoms with van der Waals surface area (Å²) < 4.78 is 0. The van der Waals surface area contributed by atoms with Gasteiger partial charge in [0.1, 0.15) is 11.6 Å². The number of nitrogens with zero attached hydrogens (tertiary/aromatic N) is 3. The van der Waals surface area contributed by atoms with Crippen LogP contribution in [0, 0.1) is 0 Å². The third-order valence-electron chi connectivity index (χ3n) is 3.42. The summed E-state index contributed by atoms with van der Waals surface area (Å²) in [4.78, 5) is 13.4. The first-order valence-electron chi connectivity index (χ1n) is 6.81. The average molecular weight is 254 g/mol. The van der Waals surface area contributed by atoms with Gasteiger partial charge < -0.3 is 5.73 Å². The smallest absolute Gasteiger partial charge is 0.134 e. The highest BCUT2D eigenvalue weighted by atomic mass is 15.0. The van der Waals surface area contributed by atoms with Crippen molar-refractivity contribution in [3.05, 3.63) is 47.2 Å². The highest BCUT2D eigenvalue weighted by Gasteiger charge is 2.27. The number of rotatable bonds is 4. The van der Waals surface area contributed by atoms with Gasteiger partial charge in [0.25, 0.3) is 0 Å². The number of nitrogens with two attached hydrogens (primary N) is 1. The Kier molecular flexibility index (Phi) is 3.15. The van der Waals surface area contributed by atoms with Crippen LogP contribution >= 0.6 is 0 Å². The summed E-state index contributed by atoms with van der Waals surface area (Å²) in [5.74, 6) is 2.00. The van der Waals surface area contributed by atoms with Crippen LogP contribution in [0.4, 0.5) is 5.82 Å². The predicted molar refractivity (Wildman–Crippen MR) is 74.8 cm³/mol. The molecule has 2 aromatic rings. The van der Waals surface area contributed by atoms with Crippen LogP contribution in [-0.4, -0.2) is 15.0 Å². The lowest BCUT2D eigenvalue weighted by atomic mass is 10.1. The van der Waals surface area contributed by atoms with Gasteiger partial charge in [-0.1, -0.05) is 13.0 Å². The van der Waals surface area contributed by atoms with E-state index in [-0.39, 0.29) is 0 Å². The number of aryl methyl sites for hydroxylation is 1. The van der Waals surface area contributed by atoms with Crippen LogP contribution in [0.3, 0.4) is 0 Å². The van der Waals surface area contributed by atoms with Crippen molar-refractivity contribution in [1.82, 2.24) is 15.0 Å². The molecule has 0 aliphatic heterocycles. The molecule has 19 heavy (non-hydrogen) atoms. The zero-order valence-corrected chi connectivity index (χ0v) is 11.1. The summed E-state index contributed by atoms with van der Waals surface area (Å²) in [7, 11) is 0. The maximum Gasteiger partial charge on any atom is 0.134 e. The Bertz CT molecular complexity index is 573. The number of hydrogen-bond donors (Lipinski definition) is 1. The first-order chi connectivity index (χ1) is 9.24. The molecule has 0 atom stereocenters. The first-order valence-corrected chi connectivity index (χ1v) is 6.81. The fourth-order valence-electron chi connectivity index (χ4n) is 2.11.